The maximum atomic E-state index is 5.51. The van der Waals surface area contributed by atoms with Gasteiger partial charge in [0.15, 0.2) is 0 Å². The Hall–Kier alpha value is -1.03. The van der Waals surface area contributed by atoms with Crippen LogP contribution in [0.25, 0.3) is 0 Å². The average molecular weight is 255 g/mol. The Morgan fingerprint density at radius 1 is 1.50 bits per heavy atom. The zero-order chi connectivity index (χ0) is 9.80. The predicted octanol–water partition coefficient (Wildman–Crippen LogP) is 2.13. The Morgan fingerprint density at radius 3 is 2.93 bits per heavy atom. The number of aliphatic imine (C=N–C) groups is 1. The van der Waals surface area contributed by atoms with Crippen molar-refractivity contribution in [1.29, 1.82) is 0 Å². The summed E-state index contributed by atoms with van der Waals surface area (Å²) in [4.78, 5) is 3.96. The van der Waals surface area contributed by atoms with Crippen LogP contribution in [0.1, 0.15) is 0 Å². The molecule has 0 saturated heterocycles. The molecule has 1 aliphatic heterocycles. The highest BCUT2D eigenvalue weighted by atomic mass is 79.9. The highest BCUT2D eigenvalue weighted by Gasteiger charge is 2.12. The molecule has 73 valence electrons. The summed E-state index contributed by atoms with van der Waals surface area (Å²) in [6.45, 7) is 1.10. The lowest BCUT2D eigenvalue weighted by molar-refractivity contribution is 0.246. The summed E-state index contributed by atoms with van der Waals surface area (Å²) < 4.78 is 11.4. The molecule has 0 bridgehead atoms. The molecule has 0 saturated carbocycles. The van der Waals surface area contributed by atoms with Crippen LogP contribution >= 0.6 is 15.9 Å². The van der Waals surface area contributed by atoms with Crippen LogP contribution in [0.15, 0.2) is 33.7 Å². The van der Waals surface area contributed by atoms with Crippen molar-refractivity contribution in [1.82, 2.24) is 0 Å². The maximum absolute atomic E-state index is 5.51. The van der Waals surface area contributed by atoms with E-state index in [1.807, 2.05) is 24.3 Å². The monoisotopic (exact) mass is 254 g/mol. The Labute approximate surface area is 90.9 Å². The molecule has 0 spiro atoms. The number of ether oxygens (including phenoxy) is 2. The first-order valence-electron chi connectivity index (χ1n) is 4.29. The fraction of sp³-hybridized carbons (Fsp3) is 0.300. The van der Waals surface area contributed by atoms with E-state index in [2.05, 4.69) is 27.3 Å². The molecule has 1 aromatic rings. The largest absolute Gasteiger partial charge is 0.491 e. The minimum atomic E-state index is 0.0821. The van der Waals surface area contributed by atoms with Crippen LogP contribution in [0.4, 0.5) is 0 Å². The van der Waals surface area contributed by atoms with E-state index in [-0.39, 0.29) is 6.04 Å². The van der Waals surface area contributed by atoms with E-state index in [9.17, 15) is 0 Å². The van der Waals surface area contributed by atoms with Crippen molar-refractivity contribution in [2.75, 3.05) is 13.2 Å². The number of benzene rings is 1. The lowest BCUT2D eigenvalue weighted by Gasteiger charge is -2.08. The van der Waals surface area contributed by atoms with E-state index >= 15 is 0 Å². The van der Waals surface area contributed by atoms with Gasteiger partial charge in [-0.1, -0.05) is 15.9 Å². The van der Waals surface area contributed by atoms with Crippen molar-refractivity contribution >= 4 is 22.3 Å². The summed E-state index contributed by atoms with van der Waals surface area (Å²) in [5.74, 6) is 0.843. The third-order valence-corrected chi connectivity index (χ3v) is 2.36. The summed E-state index contributed by atoms with van der Waals surface area (Å²) in [6, 6.07) is 7.78. The van der Waals surface area contributed by atoms with Crippen LogP contribution in [0.5, 0.6) is 5.75 Å². The highest BCUT2D eigenvalue weighted by Crippen LogP contribution is 2.16. The molecular formula is C10H9BrNO2. The molecule has 2 rings (SSSR count). The topological polar surface area (TPSA) is 30.8 Å². The van der Waals surface area contributed by atoms with Crippen LogP contribution in [-0.2, 0) is 4.74 Å². The normalized spacial score (nSPS) is 19.4. The summed E-state index contributed by atoms with van der Waals surface area (Å²) in [5.41, 5.74) is 0. The van der Waals surface area contributed by atoms with Gasteiger partial charge in [-0.15, -0.1) is 0 Å². The van der Waals surface area contributed by atoms with E-state index in [0.717, 1.165) is 10.2 Å². The van der Waals surface area contributed by atoms with Crippen molar-refractivity contribution in [3.05, 3.63) is 28.7 Å². The number of hydrogen-bond donors (Lipinski definition) is 0. The van der Waals surface area contributed by atoms with Gasteiger partial charge in [-0.3, -0.25) is 0 Å². The number of rotatable bonds is 3. The standard InChI is InChI=1S/C10H9BrNO2/c11-8-1-3-10(4-2-8)14-6-9-5-13-7-12-9/h1-4,9H,5-6H2. The van der Waals surface area contributed by atoms with Crippen molar-refractivity contribution in [2.24, 2.45) is 4.99 Å². The number of halogens is 1. The molecule has 1 atom stereocenters. The summed E-state index contributed by atoms with van der Waals surface area (Å²) >= 11 is 3.36. The van der Waals surface area contributed by atoms with E-state index in [1.54, 1.807) is 0 Å². The molecule has 1 radical (unpaired) electrons. The van der Waals surface area contributed by atoms with Gasteiger partial charge in [0.05, 0.1) is 0 Å². The minimum absolute atomic E-state index is 0.0821. The first-order valence-corrected chi connectivity index (χ1v) is 5.09. The second kappa shape index (κ2) is 4.46. The third kappa shape index (κ3) is 2.48. The second-order valence-electron chi connectivity index (χ2n) is 2.95. The van der Waals surface area contributed by atoms with Crippen molar-refractivity contribution < 1.29 is 9.47 Å². The maximum Gasteiger partial charge on any atom is 0.273 e. The van der Waals surface area contributed by atoms with Gasteiger partial charge in [0.25, 0.3) is 6.40 Å². The zero-order valence-corrected chi connectivity index (χ0v) is 9.03. The Morgan fingerprint density at radius 2 is 2.29 bits per heavy atom. The van der Waals surface area contributed by atoms with Gasteiger partial charge in [-0.2, -0.15) is 0 Å². The zero-order valence-electron chi connectivity index (χ0n) is 7.44. The van der Waals surface area contributed by atoms with Gasteiger partial charge in [0, 0.05) is 4.47 Å². The van der Waals surface area contributed by atoms with Gasteiger partial charge < -0.3 is 9.47 Å². The molecule has 14 heavy (non-hydrogen) atoms. The lowest BCUT2D eigenvalue weighted by Crippen LogP contribution is -2.16. The summed E-state index contributed by atoms with van der Waals surface area (Å²) in [6.07, 6.45) is 2.46. The SMILES string of the molecule is Brc1ccc(OCC2CO[C]=N2)cc1. The molecule has 0 aromatic heterocycles. The van der Waals surface area contributed by atoms with Gasteiger partial charge in [0.2, 0.25) is 0 Å². The Kier molecular flexibility index (Phi) is 3.03. The molecule has 0 amide bonds. The van der Waals surface area contributed by atoms with Crippen LogP contribution in [0, 0.1) is 0 Å². The summed E-state index contributed by atoms with van der Waals surface area (Å²) in [5, 5.41) is 0. The molecule has 1 aromatic carbocycles. The van der Waals surface area contributed by atoms with E-state index in [0.29, 0.717) is 13.2 Å². The van der Waals surface area contributed by atoms with Crippen molar-refractivity contribution in [3.63, 3.8) is 0 Å². The van der Waals surface area contributed by atoms with Gasteiger partial charge in [-0.25, -0.2) is 4.99 Å². The molecule has 1 unspecified atom stereocenters. The predicted molar refractivity (Wildman–Crippen MR) is 56.8 cm³/mol. The first kappa shape index (κ1) is 9.52. The average Bonchev–Trinajstić information content (AvgIpc) is 2.70. The second-order valence-corrected chi connectivity index (χ2v) is 3.87. The van der Waals surface area contributed by atoms with E-state index < -0.39 is 0 Å². The fourth-order valence-electron chi connectivity index (χ4n) is 1.09. The lowest BCUT2D eigenvalue weighted by atomic mass is 10.3. The quantitative estimate of drug-likeness (QED) is 0.828. The molecule has 0 aliphatic carbocycles. The molecule has 3 nitrogen and oxygen atoms in total. The third-order valence-electron chi connectivity index (χ3n) is 1.83. The molecule has 1 aliphatic rings. The van der Waals surface area contributed by atoms with Crippen LogP contribution in [0.2, 0.25) is 0 Å². The number of nitrogens with zero attached hydrogens (tertiary/aromatic N) is 1. The molecule has 0 N–H and O–H groups in total. The van der Waals surface area contributed by atoms with Gasteiger partial charge >= 0.3 is 0 Å². The fourth-order valence-corrected chi connectivity index (χ4v) is 1.36. The van der Waals surface area contributed by atoms with Crippen molar-refractivity contribution in [3.8, 4) is 5.75 Å². The minimum Gasteiger partial charge on any atom is -0.491 e. The molecular weight excluding hydrogens is 246 g/mol. The van der Waals surface area contributed by atoms with Crippen LogP contribution in [0.3, 0.4) is 0 Å². The molecule has 4 heteroatoms. The van der Waals surface area contributed by atoms with E-state index in [4.69, 9.17) is 9.47 Å². The smallest absolute Gasteiger partial charge is 0.273 e. The van der Waals surface area contributed by atoms with Crippen LogP contribution < -0.4 is 4.74 Å². The van der Waals surface area contributed by atoms with Crippen LogP contribution in [-0.4, -0.2) is 25.7 Å². The van der Waals surface area contributed by atoms with Gasteiger partial charge in [0.1, 0.15) is 25.0 Å². The highest BCUT2D eigenvalue weighted by molar-refractivity contribution is 9.10. The van der Waals surface area contributed by atoms with Gasteiger partial charge in [-0.05, 0) is 24.3 Å². The van der Waals surface area contributed by atoms with E-state index in [1.165, 1.54) is 0 Å². The number of hydrogen-bond acceptors (Lipinski definition) is 3. The Balaban J connectivity index is 1.85. The first-order chi connectivity index (χ1) is 6.84. The Bertz CT molecular complexity index is 323. The van der Waals surface area contributed by atoms with Crippen molar-refractivity contribution in [2.45, 2.75) is 6.04 Å². The summed E-state index contributed by atoms with van der Waals surface area (Å²) in [7, 11) is 0. The molecule has 0 fully saturated rings. The molecule has 1 heterocycles.